The summed E-state index contributed by atoms with van der Waals surface area (Å²) in [6, 6.07) is 1.06. The summed E-state index contributed by atoms with van der Waals surface area (Å²) < 4.78 is 19.7. The second-order valence-corrected chi connectivity index (χ2v) is 6.82. The molecule has 2 aliphatic rings. The largest absolute Gasteiger partial charge is 0.374 e. The number of aromatic nitrogens is 1. The van der Waals surface area contributed by atoms with Crippen LogP contribution < -0.4 is 5.32 Å². The van der Waals surface area contributed by atoms with Crippen molar-refractivity contribution in [1.29, 1.82) is 0 Å². The highest BCUT2D eigenvalue weighted by Gasteiger charge is 2.31. The van der Waals surface area contributed by atoms with Gasteiger partial charge in [0.1, 0.15) is 5.82 Å². The average molecular weight is 335 g/mol. The van der Waals surface area contributed by atoms with Crippen molar-refractivity contribution in [1.82, 2.24) is 15.2 Å². The number of hydrogen-bond acceptors (Lipinski definition) is 3. The first-order valence-corrected chi connectivity index (χ1v) is 8.91. The highest BCUT2D eigenvalue weighted by atomic mass is 19.1. The lowest BCUT2D eigenvalue weighted by molar-refractivity contribution is -0.0526. The zero-order chi connectivity index (χ0) is 16.9. The van der Waals surface area contributed by atoms with Crippen molar-refractivity contribution in [3.63, 3.8) is 0 Å². The highest BCUT2D eigenvalue weighted by molar-refractivity contribution is 5.74. The van der Waals surface area contributed by atoms with Crippen LogP contribution in [0.3, 0.4) is 0 Å². The van der Waals surface area contributed by atoms with Crippen LogP contribution in [0.5, 0.6) is 0 Å². The van der Waals surface area contributed by atoms with E-state index in [1.54, 1.807) is 17.9 Å². The van der Waals surface area contributed by atoms with Crippen LogP contribution in [0.25, 0.3) is 0 Å². The van der Waals surface area contributed by atoms with Crippen molar-refractivity contribution in [3.8, 4) is 0 Å². The molecule has 1 aromatic heterocycles. The number of ether oxygens (including phenoxy) is 1. The maximum Gasteiger partial charge on any atom is 0.318 e. The quantitative estimate of drug-likeness (QED) is 0.922. The van der Waals surface area contributed by atoms with Crippen molar-refractivity contribution >= 4 is 6.03 Å². The van der Waals surface area contributed by atoms with E-state index in [-0.39, 0.29) is 12.1 Å². The molecule has 24 heavy (non-hydrogen) atoms. The van der Waals surface area contributed by atoms with Crippen LogP contribution in [-0.2, 0) is 4.74 Å². The molecule has 1 aliphatic carbocycles. The molecular formula is C18H26FN3O2. The molecule has 2 fully saturated rings. The van der Waals surface area contributed by atoms with Crippen LogP contribution >= 0.6 is 0 Å². The Hall–Kier alpha value is -1.69. The molecule has 2 amide bonds. The standard InChI is InChI=1S/C18H26FN3O2/c1-13(15-7-8-20-11-16(15)19)21-18(23)22-9-10-24-17(12-22)14-5-3-2-4-6-14/h7-8,11,13-14,17H,2-6,9-10,12H2,1H3,(H,21,23)/t13-,17-/m0/s1. The van der Waals surface area contributed by atoms with Gasteiger partial charge in [0.05, 0.1) is 24.9 Å². The van der Waals surface area contributed by atoms with Crippen molar-refractivity contribution < 1.29 is 13.9 Å². The summed E-state index contributed by atoms with van der Waals surface area (Å²) in [6.07, 6.45) is 9.06. The third-order valence-corrected chi connectivity index (χ3v) is 5.17. The molecule has 0 spiro atoms. The minimum Gasteiger partial charge on any atom is -0.374 e. The van der Waals surface area contributed by atoms with E-state index in [0.29, 0.717) is 31.2 Å². The van der Waals surface area contributed by atoms with E-state index in [0.717, 1.165) is 0 Å². The van der Waals surface area contributed by atoms with E-state index in [1.165, 1.54) is 44.5 Å². The Bertz CT molecular complexity index is 563. The number of hydrogen-bond donors (Lipinski definition) is 1. The Kier molecular flexibility index (Phi) is 5.66. The van der Waals surface area contributed by atoms with Crippen LogP contribution in [0.2, 0.25) is 0 Å². The first-order valence-electron chi connectivity index (χ1n) is 8.91. The van der Waals surface area contributed by atoms with Crippen molar-refractivity contribution in [2.45, 2.75) is 51.2 Å². The molecule has 0 unspecified atom stereocenters. The van der Waals surface area contributed by atoms with Gasteiger partial charge in [-0.3, -0.25) is 4.98 Å². The molecule has 1 aromatic rings. The first kappa shape index (κ1) is 17.1. The van der Waals surface area contributed by atoms with E-state index < -0.39 is 11.9 Å². The molecule has 2 atom stereocenters. The summed E-state index contributed by atoms with van der Waals surface area (Å²) >= 11 is 0. The first-order chi connectivity index (χ1) is 11.6. The molecule has 5 nitrogen and oxygen atoms in total. The lowest BCUT2D eigenvalue weighted by Crippen LogP contribution is -2.52. The third kappa shape index (κ3) is 4.04. The number of nitrogens with zero attached hydrogens (tertiary/aromatic N) is 2. The fourth-order valence-electron chi connectivity index (χ4n) is 3.74. The van der Waals surface area contributed by atoms with Crippen molar-refractivity contribution in [3.05, 3.63) is 29.8 Å². The molecule has 132 valence electrons. The van der Waals surface area contributed by atoms with Gasteiger partial charge in [-0.2, -0.15) is 0 Å². The number of amides is 2. The van der Waals surface area contributed by atoms with Gasteiger partial charge in [-0.15, -0.1) is 0 Å². The van der Waals surface area contributed by atoms with Gasteiger partial charge in [-0.25, -0.2) is 9.18 Å². The zero-order valence-corrected chi connectivity index (χ0v) is 14.2. The maximum absolute atomic E-state index is 13.8. The molecule has 1 aliphatic heterocycles. The molecule has 6 heteroatoms. The number of halogens is 1. The number of urea groups is 1. The van der Waals surface area contributed by atoms with Crippen LogP contribution in [0, 0.1) is 11.7 Å². The normalized spacial score (nSPS) is 23.8. The number of rotatable bonds is 3. The summed E-state index contributed by atoms with van der Waals surface area (Å²) in [6.45, 7) is 3.57. The summed E-state index contributed by atoms with van der Waals surface area (Å²) in [7, 11) is 0. The Morgan fingerprint density at radius 2 is 2.21 bits per heavy atom. The average Bonchev–Trinajstić information content (AvgIpc) is 2.63. The van der Waals surface area contributed by atoms with Crippen LogP contribution in [-0.4, -0.2) is 41.7 Å². The van der Waals surface area contributed by atoms with Gasteiger partial charge in [-0.1, -0.05) is 19.3 Å². The SMILES string of the molecule is C[C@H](NC(=O)N1CCO[C@H](C2CCCCC2)C1)c1ccncc1F. The van der Waals surface area contributed by atoms with Crippen LogP contribution in [0.15, 0.2) is 18.5 Å². The van der Waals surface area contributed by atoms with Gasteiger partial charge < -0.3 is 15.0 Å². The van der Waals surface area contributed by atoms with Crippen molar-refractivity contribution in [2.75, 3.05) is 19.7 Å². The zero-order valence-electron chi connectivity index (χ0n) is 14.2. The molecule has 1 saturated carbocycles. The number of carbonyl (C=O) groups excluding carboxylic acids is 1. The number of morpholine rings is 1. The van der Waals surface area contributed by atoms with Crippen LogP contribution in [0.4, 0.5) is 9.18 Å². The van der Waals surface area contributed by atoms with E-state index in [4.69, 9.17) is 4.74 Å². The highest BCUT2D eigenvalue weighted by Crippen LogP contribution is 2.29. The second kappa shape index (κ2) is 7.92. The van der Waals surface area contributed by atoms with E-state index in [2.05, 4.69) is 10.3 Å². The third-order valence-electron chi connectivity index (χ3n) is 5.17. The Morgan fingerprint density at radius 1 is 1.42 bits per heavy atom. The van der Waals surface area contributed by atoms with E-state index in [9.17, 15) is 9.18 Å². The fraction of sp³-hybridized carbons (Fsp3) is 0.667. The minimum atomic E-state index is -0.396. The Balaban J connectivity index is 1.57. The lowest BCUT2D eigenvalue weighted by atomic mass is 9.84. The minimum absolute atomic E-state index is 0.137. The van der Waals surface area contributed by atoms with Gasteiger partial charge in [0.15, 0.2) is 0 Å². The molecular weight excluding hydrogens is 309 g/mol. The van der Waals surface area contributed by atoms with Gasteiger partial charge >= 0.3 is 6.03 Å². The molecule has 1 saturated heterocycles. The van der Waals surface area contributed by atoms with E-state index in [1.807, 2.05) is 0 Å². The fourth-order valence-corrected chi connectivity index (χ4v) is 3.74. The van der Waals surface area contributed by atoms with Gasteiger partial charge in [-0.05, 0) is 31.7 Å². The predicted molar refractivity (Wildman–Crippen MR) is 89.0 cm³/mol. The molecule has 3 rings (SSSR count). The molecule has 0 radical (unpaired) electrons. The molecule has 0 bridgehead atoms. The summed E-state index contributed by atoms with van der Waals surface area (Å²) in [5, 5.41) is 2.89. The Morgan fingerprint density at radius 3 is 2.96 bits per heavy atom. The van der Waals surface area contributed by atoms with Crippen LogP contribution in [0.1, 0.15) is 50.6 Å². The number of pyridine rings is 1. The molecule has 2 heterocycles. The lowest BCUT2D eigenvalue weighted by Gasteiger charge is -2.38. The Labute approximate surface area is 142 Å². The van der Waals surface area contributed by atoms with Gasteiger partial charge in [0, 0.05) is 24.8 Å². The molecule has 0 aromatic carbocycles. The topological polar surface area (TPSA) is 54.5 Å². The predicted octanol–water partition coefficient (Wildman–Crippen LogP) is 3.27. The summed E-state index contributed by atoms with van der Waals surface area (Å²) in [5.74, 6) is 0.164. The summed E-state index contributed by atoms with van der Waals surface area (Å²) in [5.41, 5.74) is 0.454. The van der Waals surface area contributed by atoms with Gasteiger partial charge in [0.2, 0.25) is 0 Å². The monoisotopic (exact) mass is 335 g/mol. The summed E-state index contributed by atoms with van der Waals surface area (Å²) in [4.78, 5) is 18.1. The maximum atomic E-state index is 13.8. The van der Waals surface area contributed by atoms with E-state index >= 15 is 0 Å². The molecule has 1 N–H and O–H groups in total. The number of nitrogens with one attached hydrogen (secondary N) is 1. The van der Waals surface area contributed by atoms with Gasteiger partial charge in [0.25, 0.3) is 0 Å². The van der Waals surface area contributed by atoms with Crippen molar-refractivity contribution in [2.24, 2.45) is 5.92 Å². The second-order valence-electron chi connectivity index (χ2n) is 6.82. The number of carbonyl (C=O) groups is 1. The smallest absolute Gasteiger partial charge is 0.318 e.